The summed E-state index contributed by atoms with van der Waals surface area (Å²) in [5.41, 5.74) is 7.88. The number of nitrogens with zero attached hydrogens (tertiary/aromatic N) is 1. The predicted molar refractivity (Wildman–Crippen MR) is 69.3 cm³/mol. The molecule has 0 saturated carbocycles. The lowest BCUT2D eigenvalue weighted by Crippen LogP contribution is -2.13. The van der Waals surface area contributed by atoms with Crippen molar-refractivity contribution in [3.8, 4) is 11.8 Å². The number of phenolic OH excluding ortho intramolecular Hbond substituents is 1. The van der Waals surface area contributed by atoms with Crippen molar-refractivity contribution < 1.29 is 5.11 Å². The monoisotopic (exact) mass is 230 g/mol. The van der Waals surface area contributed by atoms with E-state index in [2.05, 4.69) is 0 Å². The second kappa shape index (κ2) is 5.03. The molecule has 0 bridgehead atoms. The summed E-state index contributed by atoms with van der Waals surface area (Å²) in [6.07, 6.45) is 3.13. The number of rotatable bonds is 2. The van der Waals surface area contributed by atoms with Crippen LogP contribution in [0, 0.1) is 11.3 Å². The van der Waals surface area contributed by atoms with Crippen molar-refractivity contribution >= 4 is 6.08 Å². The molecule has 0 amide bonds. The highest BCUT2D eigenvalue weighted by molar-refractivity contribution is 5.59. The van der Waals surface area contributed by atoms with Gasteiger partial charge in [0, 0.05) is 23.7 Å². The number of nitriles is 1. The zero-order valence-corrected chi connectivity index (χ0v) is 10.5. The van der Waals surface area contributed by atoms with E-state index >= 15 is 0 Å². The Morgan fingerprint density at radius 3 is 2.53 bits per heavy atom. The van der Waals surface area contributed by atoms with Gasteiger partial charge in [0.1, 0.15) is 5.75 Å². The fourth-order valence-corrected chi connectivity index (χ4v) is 1.68. The van der Waals surface area contributed by atoms with Gasteiger partial charge >= 0.3 is 0 Å². The van der Waals surface area contributed by atoms with Crippen molar-refractivity contribution in [2.45, 2.75) is 32.7 Å². The van der Waals surface area contributed by atoms with Crippen LogP contribution in [0.2, 0.25) is 0 Å². The highest BCUT2D eigenvalue weighted by Crippen LogP contribution is 2.34. The van der Waals surface area contributed by atoms with Crippen molar-refractivity contribution in [2.75, 3.05) is 0 Å². The zero-order chi connectivity index (χ0) is 13.1. The number of phenols is 1. The first-order chi connectivity index (χ1) is 7.90. The topological polar surface area (TPSA) is 70.0 Å². The highest BCUT2D eigenvalue weighted by atomic mass is 16.3. The van der Waals surface area contributed by atoms with Gasteiger partial charge in [-0.25, -0.2) is 0 Å². The van der Waals surface area contributed by atoms with E-state index in [0.29, 0.717) is 5.56 Å². The summed E-state index contributed by atoms with van der Waals surface area (Å²) in [5.74, 6) is 0.258. The van der Waals surface area contributed by atoms with Gasteiger partial charge in [-0.2, -0.15) is 5.26 Å². The SMILES string of the molecule is CC(C)(C)c1cc(C=CC#N)cc(CN)c1O. The van der Waals surface area contributed by atoms with Crippen LogP contribution in [0.3, 0.4) is 0 Å². The van der Waals surface area contributed by atoms with Gasteiger partial charge in [0.2, 0.25) is 0 Å². The number of hydrogen-bond acceptors (Lipinski definition) is 3. The van der Waals surface area contributed by atoms with Crippen molar-refractivity contribution in [3.05, 3.63) is 34.9 Å². The number of benzene rings is 1. The molecule has 0 saturated heterocycles. The van der Waals surface area contributed by atoms with E-state index in [1.54, 1.807) is 12.1 Å². The first kappa shape index (κ1) is 13.3. The van der Waals surface area contributed by atoms with Crippen molar-refractivity contribution in [3.63, 3.8) is 0 Å². The van der Waals surface area contributed by atoms with Crippen molar-refractivity contribution in [2.24, 2.45) is 5.73 Å². The number of hydrogen-bond donors (Lipinski definition) is 2. The van der Waals surface area contributed by atoms with Gasteiger partial charge in [-0.3, -0.25) is 0 Å². The molecule has 1 aromatic carbocycles. The van der Waals surface area contributed by atoms with E-state index in [4.69, 9.17) is 11.0 Å². The van der Waals surface area contributed by atoms with Gasteiger partial charge in [0.15, 0.2) is 0 Å². The van der Waals surface area contributed by atoms with Crippen LogP contribution >= 0.6 is 0 Å². The molecule has 3 heteroatoms. The third-order valence-corrected chi connectivity index (χ3v) is 2.59. The summed E-state index contributed by atoms with van der Waals surface area (Å²) >= 11 is 0. The maximum Gasteiger partial charge on any atom is 0.123 e. The Hall–Kier alpha value is -1.79. The summed E-state index contributed by atoms with van der Waals surface area (Å²) in [4.78, 5) is 0. The van der Waals surface area contributed by atoms with E-state index in [1.165, 1.54) is 6.08 Å². The van der Waals surface area contributed by atoms with Crippen LogP contribution in [0.15, 0.2) is 18.2 Å². The quantitative estimate of drug-likeness (QED) is 0.767. The van der Waals surface area contributed by atoms with E-state index in [-0.39, 0.29) is 17.7 Å². The molecule has 3 nitrogen and oxygen atoms in total. The second-order valence-corrected chi connectivity index (χ2v) is 4.99. The lowest BCUT2D eigenvalue weighted by atomic mass is 9.84. The summed E-state index contributed by atoms with van der Waals surface area (Å²) < 4.78 is 0. The third kappa shape index (κ3) is 3.08. The first-order valence-electron chi connectivity index (χ1n) is 5.52. The predicted octanol–water partition coefficient (Wildman–Crippen LogP) is 2.69. The van der Waals surface area contributed by atoms with Crippen LogP contribution in [-0.4, -0.2) is 5.11 Å². The molecule has 0 atom stereocenters. The number of nitrogens with two attached hydrogens (primary N) is 1. The second-order valence-electron chi connectivity index (χ2n) is 4.99. The molecular formula is C14H18N2O. The normalized spacial score (nSPS) is 11.7. The average molecular weight is 230 g/mol. The molecule has 1 rings (SSSR count). The number of allylic oxidation sites excluding steroid dienone is 1. The molecule has 0 fully saturated rings. The Labute approximate surface area is 102 Å². The van der Waals surface area contributed by atoms with E-state index in [0.717, 1.165) is 11.1 Å². The molecule has 0 unspecified atom stereocenters. The zero-order valence-electron chi connectivity index (χ0n) is 10.5. The number of aromatic hydroxyl groups is 1. The highest BCUT2D eigenvalue weighted by Gasteiger charge is 2.20. The molecule has 0 aromatic heterocycles. The van der Waals surface area contributed by atoms with Crippen LogP contribution in [0.1, 0.15) is 37.5 Å². The minimum atomic E-state index is -0.162. The maximum absolute atomic E-state index is 10.1. The van der Waals surface area contributed by atoms with E-state index < -0.39 is 0 Å². The largest absolute Gasteiger partial charge is 0.507 e. The molecule has 17 heavy (non-hydrogen) atoms. The standard InChI is InChI=1S/C14H18N2O/c1-14(2,3)12-8-10(5-4-6-15)7-11(9-16)13(12)17/h4-5,7-8,17H,9,16H2,1-3H3. The molecule has 1 aromatic rings. The molecule has 3 N–H and O–H groups in total. The first-order valence-corrected chi connectivity index (χ1v) is 5.52. The summed E-state index contributed by atoms with van der Waals surface area (Å²) in [7, 11) is 0. The van der Waals surface area contributed by atoms with Gasteiger partial charge in [0.25, 0.3) is 0 Å². The van der Waals surface area contributed by atoms with Crippen LogP contribution < -0.4 is 5.73 Å². The smallest absolute Gasteiger partial charge is 0.123 e. The lowest BCUT2D eigenvalue weighted by molar-refractivity contribution is 0.440. The van der Waals surface area contributed by atoms with E-state index in [1.807, 2.05) is 32.9 Å². The van der Waals surface area contributed by atoms with Crippen LogP contribution in [0.25, 0.3) is 6.08 Å². The third-order valence-electron chi connectivity index (χ3n) is 2.59. The Balaban J connectivity index is 3.40. The minimum absolute atomic E-state index is 0.162. The summed E-state index contributed by atoms with van der Waals surface area (Å²) in [6, 6.07) is 5.65. The summed E-state index contributed by atoms with van der Waals surface area (Å²) in [6.45, 7) is 6.36. The van der Waals surface area contributed by atoms with Gasteiger partial charge < -0.3 is 10.8 Å². The molecular weight excluding hydrogens is 212 g/mol. The Kier molecular flexibility index (Phi) is 3.93. The Bertz CT molecular complexity index is 476. The van der Waals surface area contributed by atoms with Gasteiger partial charge in [0.05, 0.1) is 6.07 Å². The fraction of sp³-hybridized carbons (Fsp3) is 0.357. The average Bonchev–Trinajstić information content (AvgIpc) is 2.26. The maximum atomic E-state index is 10.1. The van der Waals surface area contributed by atoms with Crippen molar-refractivity contribution in [1.82, 2.24) is 0 Å². The molecule has 0 spiro atoms. The van der Waals surface area contributed by atoms with Gasteiger partial charge in [-0.1, -0.05) is 20.8 Å². The fourth-order valence-electron chi connectivity index (χ4n) is 1.68. The Morgan fingerprint density at radius 1 is 1.41 bits per heavy atom. The van der Waals surface area contributed by atoms with Crippen LogP contribution in [-0.2, 0) is 12.0 Å². The van der Waals surface area contributed by atoms with E-state index in [9.17, 15) is 5.11 Å². The molecule has 0 aliphatic heterocycles. The lowest BCUT2D eigenvalue weighted by Gasteiger charge is -2.22. The molecule has 0 heterocycles. The van der Waals surface area contributed by atoms with Gasteiger partial charge in [-0.05, 0) is 29.2 Å². The molecule has 0 aliphatic rings. The molecule has 0 aliphatic carbocycles. The Morgan fingerprint density at radius 2 is 2.06 bits per heavy atom. The van der Waals surface area contributed by atoms with Crippen molar-refractivity contribution in [1.29, 1.82) is 5.26 Å². The molecule has 90 valence electrons. The van der Waals surface area contributed by atoms with Gasteiger partial charge in [-0.15, -0.1) is 0 Å². The molecule has 0 radical (unpaired) electrons. The summed E-state index contributed by atoms with van der Waals surface area (Å²) in [5, 5.41) is 18.6. The van der Waals surface area contributed by atoms with Crippen LogP contribution in [0.4, 0.5) is 0 Å². The van der Waals surface area contributed by atoms with Crippen LogP contribution in [0.5, 0.6) is 5.75 Å². The minimum Gasteiger partial charge on any atom is -0.507 e.